The van der Waals surface area contributed by atoms with Crippen molar-refractivity contribution in [3.63, 3.8) is 0 Å². The van der Waals surface area contributed by atoms with Crippen molar-refractivity contribution in [3.05, 3.63) is 32.8 Å². The van der Waals surface area contributed by atoms with Crippen LogP contribution in [0.4, 0.5) is 0 Å². The van der Waals surface area contributed by atoms with Gasteiger partial charge in [-0.25, -0.2) is 0 Å². The number of benzene rings is 1. The van der Waals surface area contributed by atoms with Crippen LogP contribution in [0.2, 0.25) is 15.1 Å². The lowest BCUT2D eigenvalue weighted by atomic mass is 9.81. The highest BCUT2D eigenvalue weighted by Gasteiger charge is 2.41. The molecule has 1 aliphatic heterocycles. The number of ketones is 1. The second-order valence-electron chi connectivity index (χ2n) is 5.23. The van der Waals surface area contributed by atoms with Gasteiger partial charge in [0.05, 0.1) is 0 Å². The summed E-state index contributed by atoms with van der Waals surface area (Å²) in [5.41, 5.74) is -0.221. The highest BCUT2D eigenvalue weighted by atomic mass is 35.5. The molecule has 0 radical (unpaired) electrons. The number of Topliss-reactive ketones (excluding diaryl/α,β-unsaturated/α-hetero) is 1. The molecule has 3 nitrogen and oxygen atoms in total. The molecule has 1 aliphatic rings. The van der Waals surface area contributed by atoms with E-state index in [2.05, 4.69) is 5.32 Å². The van der Waals surface area contributed by atoms with E-state index in [-0.39, 0.29) is 28.2 Å². The number of carbonyl (C=O) groups is 2. The Balaban J connectivity index is 2.48. The number of rotatable bonds is 1. The fourth-order valence-corrected chi connectivity index (χ4v) is 3.29. The number of piperidine rings is 1. The summed E-state index contributed by atoms with van der Waals surface area (Å²) in [7, 11) is 0. The number of amides is 1. The van der Waals surface area contributed by atoms with E-state index in [1.165, 1.54) is 12.1 Å². The summed E-state index contributed by atoms with van der Waals surface area (Å²) in [5, 5.41) is 3.61. The first-order valence-electron chi connectivity index (χ1n) is 5.70. The van der Waals surface area contributed by atoms with E-state index in [0.717, 1.165) is 0 Å². The molecule has 19 heavy (non-hydrogen) atoms. The molecular weight excluding hydrogens is 309 g/mol. The molecule has 0 aromatic heterocycles. The number of hydrogen-bond acceptors (Lipinski definition) is 2. The molecule has 1 N–H and O–H groups in total. The minimum Gasteiger partial charge on any atom is -0.350 e. The highest BCUT2D eigenvalue weighted by molar-refractivity contribution is 6.40. The molecular formula is C13H12Cl3NO2. The van der Waals surface area contributed by atoms with Crippen LogP contribution in [0, 0.1) is 0 Å². The van der Waals surface area contributed by atoms with Crippen LogP contribution in [-0.4, -0.2) is 17.2 Å². The normalized spacial score (nSPS) is 22.3. The molecule has 1 saturated heterocycles. The van der Waals surface area contributed by atoms with Crippen molar-refractivity contribution >= 4 is 46.5 Å². The van der Waals surface area contributed by atoms with Crippen LogP contribution in [0.25, 0.3) is 0 Å². The van der Waals surface area contributed by atoms with Gasteiger partial charge in [-0.1, -0.05) is 34.8 Å². The second-order valence-corrected chi connectivity index (χ2v) is 6.48. The lowest BCUT2D eigenvalue weighted by Gasteiger charge is -2.34. The fraction of sp³-hybridized carbons (Fsp3) is 0.385. The molecule has 0 bridgehead atoms. The van der Waals surface area contributed by atoms with Gasteiger partial charge in [-0.05, 0) is 26.0 Å². The number of hydrogen-bond donors (Lipinski definition) is 1. The van der Waals surface area contributed by atoms with Gasteiger partial charge in [-0.3, -0.25) is 9.59 Å². The molecule has 1 unspecified atom stereocenters. The molecule has 2 rings (SSSR count). The molecule has 1 amide bonds. The van der Waals surface area contributed by atoms with Crippen molar-refractivity contribution in [3.8, 4) is 0 Å². The maximum Gasteiger partial charge on any atom is 0.235 e. The molecule has 6 heteroatoms. The molecule has 1 fully saturated rings. The predicted molar refractivity (Wildman–Crippen MR) is 76.1 cm³/mol. The predicted octanol–water partition coefficient (Wildman–Crippen LogP) is 3.60. The average Bonchev–Trinajstić information content (AvgIpc) is 2.18. The number of nitrogens with one attached hydrogen (secondary N) is 1. The van der Waals surface area contributed by atoms with Crippen molar-refractivity contribution in [1.29, 1.82) is 0 Å². The van der Waals surface area contributed by atoms with Gasteiger partial charge in [0.2, 0.25) is 5.91 Å². The molecule has 102 valence electrons. The summed E-state index contributed by atoms with van der Waals surface area (Å²) < 4.78 is 0. The lowest BCUT2D eigenvalue weighted by molar-refractivity contribution is -0.136. The molecule has 1 atom stereocenters. The SMILES string of the molecule is CC1(C)CC(=O)C(c2c(Cl)cc(Cl)cc2Cl)C(=O)N1. The van der Waals surface area contributed by atoms with Crippen molar-refractivity contribution in [2.45, 2.75) is 31.7 Å². The summed E-state index contributed by atoms with van der Waals surface area (Å²) >= 11 is 18.0. The molecule has 1 aromatic carbocycles. The Bertz CT molecular complexity index is 526. The Hall–Kier alpha value is -0.770. The third kappa shape index (κ3) is 2.88. The zero-order chi connectivity index (χ0) is 14.4. The molecule has 0 aliphatic carbocycles. The number of halogens is 3. The maximum atomic E-state index is 12.2. The van der Waals surface area contributed by atoms with E-state index < -0.39 is 11.5 Å². The van der Waals surface area contributed by atoms with Crippen LogP contribution >= 0.6 is 34.8 Å². The van der Waals surface area contributed by atoms with Gasteiger partial charge < -0.3 is 5.32 Å². The zero-order valence-electron chi connectivity index (χ0n) is 10.4. The van der Waals surface area contributed by atoms with E-state index in [4.69, 9.17) is 34.8 Å². The lowest BCUT2D eigenvalue weighted by Crippen LogP contribution is -2.53. The van der Waals surface area contributed by atoms with E-state index in [9.17, 15) is 9.59 Å². The summed E-state index contributed by atoms with van der Waals surface area (Å²) in [4.78, 5) is 24.3. The second kappa shape index (κ2) is 4.97. The van der Waals surface area contributed by atoms with Crippen LogP contribution in [0.3, 0.4) is 0 Å². The topological polar surface area (TPSA) is 46.2 Å². The molecule has 1 aromatic rings. The van der Waals surface area contributed by atoms with Crippen LogP contribution in [-0.2, 0) is 9.59 Å². The van der Waals surface area contributed by atoms with Gasteiger partial charge in [0.1, 0.15) is 5.92 Å². The Morgan fingerprint density at radius 1 is 1.16 bits per heavy atom. The van der Waals surface area contributed by atoms with Crippen molar-refractivity contribution in [2.75, 3.05) is 0 Å². The summed E-state index contributed by atoms with van der Waals surface area (Å²) in [6.45, 7) is 3.59. The Morgan fingerprint density at radius 3 is 2.16 bits per heavy atom. The average molecular weight is 321 g/mol. The van der Waals surface area contributed by atoms with Gasteiger partial charge in [0, 0.05) is 32.6 Å². The van der Waals surface area contributed by atoms with E-state index in [0.29, 0.717) is 10.6 Å². The summed E-state index contributed by atoms with van der Waals surface area (Å²) in [5.74, 6) is -1.54. The van der Waals surface area contributed by atoms with Crippen LogP contribution < -0.4 is 5.32 Å². The zero-order valence-corrected chi connectivity index (χ0v) is 12.7. The molecule has 0 saturated carbocycles. The van der Waals surface area contributed by atoms with Crippen molar-refractivity contribution in [2.24, 2.45) is 0 Å². The monoisotopic (exact) mass is 319 g/mol. The first-order valence-corrected chi connectivity index (χ1v) is 6.84. The fourth-order valence-electron chi connectivity index (χ4n) is 2.25. The standard InChI is InChI=1S/C13H12Cl3NO2/c1-13(2)5-9(18)11(12(19)17-13)10-7(15)3-6(14)4-8(10)16/h3-4,11H,5H2,1-2H3,(H,17,19). The third-order valence-corrected chi connectivity index (χ3v) is 3.84. The van der Waals surface area contributed by atoms with Gasteiger partial charge in [0.15, 0.2) is 5.78 Å². The van der Waals surface area contributed by atoms with Gasteiger partial charge in [0.25, 0.3) is 0 Å². The van der Waals surface area contributed by atoms with Gasteiger partial charge in [-0.15, -0.1) is 0 Å². The van der Waals surface area contributed by atoms with E-state index >= 15 is 0 Å². The third-order valence-electron chi connectivity index (χ3n) is 2.99. The minimum atomic E-state index is -0.967. The minimum absolute atomic E-state index is 0.195. The van der Waals surface area contributed by atoms with Crippen LogP contribution in [0.1, 0.15) is 31.7 Å². The first kappa shape index (κ1) is 14.6. The largest absolute Gasteiger partial charge is 0.350 e. The van der Waals surface area contributed by atoms with E-state index in [1.807, 2.05) is 0 Å². The van der Waals surface area contributed by atoms with Gasteiger partial charge >= 0.3 is 0 Å². The van der Waals surface area contributed by atoms with Gasteiger partial charge in [-0.2, -0.15) is 0 Å². The number of carbonyl (C=O) groups excluding carboxylic acids is 2. The molecule has 1 heterocycles. The quantitative estimate of drug-likeness (QED) is 0.804. The van der Waals surface area contributed by atoms with Crippen molar-refractivity contribution in [1.82, 2.24) is 5.32 Å². The highest BCUT2D eigenvalue weighted by Crippen LogP contribution is 2.38. The Kier molecular flexibility index (Phi) is 3.83. The maximum absolute atomic E-state index is 12.2. The molecule has 0 spiro atoms. The van der Waals surface area contributed by atoms with Crippen LogP contribution in [0.5, 0.6) is 0 Å². The van der Waals surface area contributed by atoms with Crippen molar-refractivity contribution < 1.29 is 9.59 Å². The Labute approximate surface area is 126 Å². The first-order chi connectivity index (χ1) is 8.71. The van der Waals surface area contributed by atoms with Crippen LogP contribution in [0.15, 0.2) is 12.1 Å². The smallest absolute Gasteiger partial charge is 0.235 e. The summed E-state index contributed by atoms with van der Waals surface area (Å²) in [6, 6.07) is 2.95. The Morgan fingerprint density at radius 2 is 1.68 bits per heavy atom. The summed E-state index contributed by atoms with van der Waals surface area (Å²) in [6.07, 6.45) is 0.235. The van der Waals surface area contributed by atoms with E-state index in [1.54, 1.807) is 13.8 Å².